The number of aromatic nitrogens is 2. The van der Waals surface area contributed by atoms with E-state index < -0.39 is 41.2 Å². The molecule has 4 aromatic rings. The highest BCUT2D eigenvalue weighted by molar-refractivity contribution is 5.52. The highest BCUT2D eigenvalue weighted by Crippen LogP contribution is 2.46. The van der Waals surface area contributed by atoms with Crippen molar-refractivity contribution >= 4 is 0 Å². The Morgan fingerprint density at radius 2 is 1.36 bits per heavy atom. The summed E-state index contributed by atoms with van der Waals surface area (Å²) < 4.78 is 7.47. The quantitative estimate of drug-likeness (QED) is 0.365. The number of aromatic amines is 1. The van der Waals surface area contributed by atoms with Crippen LogP contribution in [0.5, 0.6) is 0 Å². The van der Waals surface area contributed by atoms with Gasteiger partial charge in [-0.3, -0.25) is 14.3 Å². The molecule has 1 saturated heterocycles. The van der Waals surface area contributed by atoms with E-state index in [2.05, 4.69) is 4.98 Å². The zero-order valence-electron chi connectivity index (χ0n) is 19.8. The van der Waals surface area contributed by atoms with Crippen molar-refractivity contribution in [3.8, 4) is 0 Å². The SMILES string of the molecule is Cc1cn([C@H]2C[C@@H](O)[C@@H](C(O)C(c3ccccc3)(c3ccccc3)c3ccccc3)O2)c(=O)[nH]c1=O. The van der Waals surface area contributed by atoms with E-state index in [1.807, 2.05) is 91.0 Å². The molecular weight excluding hydrogens is 456 g/mol. The van der Waals surface area contributed by atoms with Crippen molar-refractivity contribution in [1.82, 2.24) is 9.55 Å². The molecule has 1 aliphatic heterocycles. The minimum Gasteiger partial charge on any atom is -0.390 e. The van der Waals surface area contributed by atoms with Gasteiger partial charge in [0.25, 0.3) is 5.56 Å². The lowest BCUT2D eigenvalue weighted by molar-refractivity contribution is -0.0976. The summed E-state index contributed by atoms with van der Waals surface area (Å²) in [5, 5.41) is 23.3. The van der Waals surface area contributed by atoms with Crippen LogP contribution in [0.2, 0.25) is 0 Å². The first-order chi connectivity index (χ1) is 17.4. The van der Waals surface area contributed by atoms with Gasteiger partial charge in [-0.25, -0.2) is 4.79 Å². The van der Waals surface area contributed by atoms with Crippen molar-refractivity contribution in [1.29, 1.82) is 0 Å². The fraction of sp³-hybridized carbons (Fsp3) is 0.241. The molecule has 3 aromatic carbocycles. The van der Waals surface area contributed by atoms with Gasteiger partial charge in [0.2, 0.25) is 0 Å². The van der Waals surface area contributed by atoms with Crippen molar-refractivity contribution < 1.29 is 14.9 Å². The second-order valence-corrected chi connectivity index (χ2v) is 9.19. The molecule has 36 heavy (non-hydrogen) atoms. The minimum absolute atomic E-state index is 0.0849. The van der Waals surface area contributed by atoms with Gasteiger partial charge in [-0.1, -0.05) is 91.0 Å². The van der Waals surface area contributed by atoms with Crippen LogP contribution in [0.3, 0.4) is 0 Å². The second kappa shape index (κ2) is 9.70. The summed E-state index contributed by atoms with van der Waals surface area (Å²) in [4.78, 5) is 26.6. The molecule has 184 valence electrons. The molecule has 2 heterocycles. The molecule has 7 heteroatoms. The Hall–Kier alpha value is -3.78. The summed E-state index contributed by atoms with van der Waals surface area (Å²) in [5.41, 5.74) is 0.699. The normalized spacial score (nSPS) is 20.8. The van der Waals surface area contributed by atoms with E-state index >= 15 is 0 Å². The Morgan fingerprint density at radius 1 is 0.889 bits per heavy atom. The third kappa shape index (κ3) is 4.01. The Labute approximate surface area is 208 Å². The van der Waals surface area contributed by atoms with E-state index in [-0.39, 0.29) is 6.42 Å². The van der Waals surface area contributed by atoms with Crippen LogP contribution in [0.1, 0.15) is 34.9 Å². The molecule has 0 bridgehead atoms. The summed E-state index contributed by atoms with van der Waals surface area (Å²) in [5.74, 6) is 0. The maximum absolute atomic E-state index is 12.5. The van der Waals surface area contributed by atoms with E-state index in [1.165, 1.54) is 10.8 Å². The fourth-order valence-corrected chi connectivity index (χ4v) is 5.29. The van der Waals surface area contributed by atoms with Crippen molar-refractivity contribution in [2.24, 2.45) is 0 Å². The molecule has 1 aromatic heterocycles. The number of aryl methyl sites for hydroxylation is 1. The minimum atomic E-state index is -1.22. The fourth-order valence-electron chi connectivity index (χ4n) is 5.29. The highest BCUT2D eigenvalue weighted by Gasteiger charge is 2.52. The highest BCUT2D eigenvalue weighted by atomic mass is 16.5. The van der Waals surface area contributed by atoms with Crippen LogP contribution in [0, 0.1) is 6.92 Å². The van der Waals surface area contributed by atoms with E-state index in [0.29, 0.717) is 5.56 Å². The molecule has 5 rings (SSSR count). The number of nitrogens with zero attached hydrogens (tertiary/aromatic N) is 1. The zero-order chi connectivity index (χ0) is 25.3. The predicted octanol–water partition coefficient (Wildman–Crippen LogP) is 2.89. The molecule has 1 fully saturated rings. The van der Waals surface area contributed by atoms with Crippen LogP contribution in [0.4, 0.5) is 0 Å². The number of hydrogen-bond donors (Lipinski definition) is 3. The molecule has 0 radical (unpaired) electrons. The standard InChI is InChI=1S/C29H28N2O5/c1-19-18-31(28(35)30-27(19)34)24-17-23(32)25(36-24)26(33)29(20-11-5-2-6-12-20,21-13-7-3-8-14-21)22-15-9-4-10-16-22/h2-16,18,23-26,32-33H,17H2,1H3,(H,30,34,35)/t23-,24-,25+,26?/m1/s1. The van der Waals surface area contributed by atoms with Crippen LogP contribution in [-0.4, -0.2) is 38.1 Å². The van der Waals surface area contributed by atoms with Crippen LogP contribution in [-0.2, 0) is 10.2 Å². The van der Waals surface area contributed by atoms with Gasteiger partial charge in [-0.2, -0.15) is 0 Å². The number of aliphatic hydroxyl groups excluding tert-OH is 2. The third-order valence-corrected chi connectivity index (χ3v) is 7.03. The van der Waals surface area contributed by atoms with E-state index in [1.54, 1.807) is 6.92 Å². The van der Waals surface area contributed by atoms with Crippen molar-refractivity contribution in [3.63, 3.8) is 0 Å². The lowest BCUT2D eigenvalue weighted by Crippen LogP contribution is -2.51. The lowest BCUT2D eigenvalue weighted by atomic mass is 9.64. The summed E-state index contributed by atoms with van der Waals surface area (Å²) in [6.07, 6.45) is -2.63. The monoisotopic (exact) mass is 484 g/mol. The number of rotatable bonds is 6. The van der Waals surface area contributed by atoms with Crippen LogP contribution >= 0.6 is 0 Å². The molecule has 1 aliphatic rings. The predicted molar refractivity (Wildman–Crippen MR) is 136 cm³/mol. The van der Waals surface area contributed by atoms with Crippen molar-refractivity contribution in [3.05, 3.63) is 140 Å². The van der Waals surface area contributed by atoms with Gasteiger partial charge in [0.1, 0.15) is 18.4 Å². The van der Waals surface area contributed by atoms with E-state index in [4.69, 9.17) is 4.74 Å². The van der Waals surface area contributed by atoms with Gasteiger partial charge < -0.3 is 14.9 Å². The van der Waals surface area contributed by atoms with E-state index in [0.717, 1.165) is 16.7 Å². The number of ether oxygens (including phenoxy) is 1. The Morgan fingerprint density at radius 3 is 1.83 bits per heavy atom. The van der Waals surface area contributed by atoms with Gasteiger partial charge in [0.05, 0.1) is 11.5 Å². The maximum atomic E-state index is 12.5. The molecule has 3 N–H and O–H groups in total. The maximum Gasteiger partial charge on any atom is 0.330 e. The smallest absolute Gasteiger partial charge is 0.330 e. The van der Waals surface area contributed by atoms with Crippen LogP contribution in [0.25, 0.3) is 0 Å². The molecule has 7 nitrogen and oxygen atoms in total. The van der Waals surface area contributed by atoms with Gasteiger partial charge >= 0.3 is 5.69 Å². The molecule has 0 saturated carbocycles. The van der Waals surface area contributed by atoms with Gasteiger partial charge in [0.15, 0.2) is 0 Å². The summed E-state index contributed by atoms with van der Waals surface area (Å²) in [6, 6.07) is 29.0. The zero-order valence-corrected chi connectivity index (χ0v) is 19.8. The average molecular weight is 485 g/mol. The van der Waals surface area contributed by atoms with Crippen LogP contribution in [0.15, 0.2) is 107 Å². The topological polar surface area (TPSA) is 105 Å². The Bertz CT molecular complexity index is 1340. The Kier molecular flexibility index (Phi) is 6.45. The first-order valence-corrected chi connectivity index (χ1v) is 11.9. The third-order valence-electron chi connectivity index (χ3n) is 7.03. The lowest BCUT2D eigenvalue weighted by Gasteiger charge is -2.42. The van der Waals surface area contributed by atoms with Gasteiger partial charge in [-0.15, -0.1) is 0 Å². The summed E-state index contributed by atoms with van der Waals surface area (Å²) in [6.45, 7) is 1.59. The number of hydrogen-bond acceptors (Lipinski definition) is 5. The largest absolute Gasteiger partial charge is 0.390 e. The molecule has 0 aliphatic carbocycles. The van der Waals surface area contributed by atoms with Gasteiger partial charge in [0, 0.05) is 18.2 Å². The summed E-state index contributed by atoms with van der Waals surface area (Å²) in [7, 11) is 0. The summed E-state index contributed by atoms with van der Waals surface area (Å²) >= 11 is 0. The molecular formula is C29H28N2O5. The first-order valence-electron chi connectivity index (χ1n) is 11.9. The van der Waals surface area contributed by atoms with Gasteiger partial charge in [-0.05, 0) is 23.6 Å². The molecule has 0 amide bonds. The number of H-pyrrole nitrogens is 1. The number of benzene rings is 3. The Balaban J connectivity index is 1.66. The van der Waals surface area contributed by atoms with Crippen molar-refractivity contribution in [2.75, 3.05) is 0 Å². The number of aliphatic hydroxyl groups is 2. The first kappa shape index (κ1) is 23.9. The van der Waals surface area contributed by atoms with Crippen molar-refractivity contribution in [2.45, 2.75) is 43.3 Å². The molecule has 4 atom stereocenters. The number of nitrogens with one attached hydrogen (secondary N) is 1. The van der Waals surface area contributed by atoms with Crippen LogP contribution < -0.4 is 11.2 Å². The second-order valence-electron chi connectivity index (χ2n) is 9.19. The average Bonchev–Trinajstić information content (AvgIpc) is 3.29. The molecule has 1 unspecified atom stereocenters. The van der Waals surface area contributed by atoms with E-state index in [9.17, 15) is 19.8 Å². The molecule has 0 spiro atoms.